The van der Waals surface area contributed by atoms with E-state index in [1.807, 2.05) is 12.1 Å². The Bertz CT molecular complexity index is 1080. The van der Waals surface area contributed by atoms with Gasteiger partial charge < -0.3 is 5.32 Å². The number of carbonyl (C=O) groups is 1. The number of thioether (sulfide) groups is 1. The summed E-state index contributed by atoms with van der Waals surface area (Å²) in [5.74, 6) is 0.221. The molecular formula is C18H13FN6OS. The number of halogens is 1. The van der Waals surface area contributed by atoms with E-state index in [-0.39, 0.29) is 17.5 Å². The molecule has 0 atom stereocenters. The van der Waals surface area contributed by atoms with Crippen LogP contribution in [0.3, 0.4) is 0 Å². The number of anilines is 1. The molecule has 4 aromatic rings. The van der Waals surface area contributed by atoms with Crippen LogP contribution in [0.2, 0.25) is 0 Å². The highest BCUT2D eigenvalue weighted by atomic mass is 32.2. The van der Waals surface area contributed by atoms with E-state index in [2.05, 4.69) is 25.6 Å². The van der Waals surface area contributed by atoms with Gasteiger partial charge in [-0.25, -0.2) is 4.39 Å². The van der Waals surface area contributed by atoms with Gasteiger partial charge in [-0.15, -0.1) is 10.2 Å². The van der Waals surface area contributed by atoms with Crippen LogP contribution >= 0.6 is 11.8 Å². The van der Waals surface area contributed by atoms with Gasteiger partial charge in [0, 0.05) is 23.6 Å². The molecular weight excluding hydrogens is 367 g/mol. The maximum atomic E-state index is 12.9. The summed E-state index contributed by atoms with van der Waals surface area (Å²) in [4.78, 5) is 16.1. The lowest BCUT2D eigenvalue weighted by Crippen LogP contribution is -2.14. The standard InChI is InChI=1S/C18H13FN6OS/c19-13-1-3-14(4-2-13)21-16(26)11-27-17-6-5-15-22-23-18(25(15)24-17)12-7-9-20-10-8-12/h1-10H,11H2,(H,21,26). The Balaban J connectivity index is 1.47. The maximum Gasteiger partial charge on any atom is 0.234 e. The molecule has 0 aliphatic heterocycles. The molecule has 0 unspecified atom stereocenters. The minimum Gasteiger partial charge on any atom is -0.325 e. The highest BCUT2D eigenvalue weighted by molar-refractivity contribution is 7.99. The van der Waals surface area contributed by atoms with E-state index >= 15 is 0 Å². The summed E-state index contributed by atoms with van der Waals surface area (Å²) in [6.45, 7) is 0. The van der Waals surface area contributed by atoms with Crippen molar-refractivity contribution in [2.75, 3.05) is 11.1 Å². The third-order valence-electron chi connectivity index (χ3n) is 3.66. The lowest BCUT2D eigenvalue weighted by molar-refractivity contribution is -0.113. The zero-order valence-electron chi connectivity index (χ0n) is 13.9. The van der Waals surface area contributed by atoms with Gasteiger partial charge in [-0.05, 0) is 48.5 Å². The number of amides is 1. The predicted molar refractivity (Wildman–Crippen MR) is 99.8 cm³/mol. The summed E-state index contributed by atoms with van der Waals surface area (Å²) < 4.78 is 14.5. The van der Waals surface area contributed by atoms with E-state index in [0.717, 1.165) is 5.56 Å². The fourth-order valence-electron chi connectivity index (χ4n) is 2.40. The minimum absolute atomic E-state index is 0.169. The first-order valence-corrected chi connectivity index (χ1v) is 8.99. The molecule has 0 fully saturated rings. The molecule has 3 heterocycles. The Morgan fingerprint density at radius 1 is 1.04 bits per heavy atom. The zero-order chi connectivity index (χ0) is 18.6. The Morgan fingerprint density at radius 2 is 1.81 bits per heavy atom. The predicted octanol–water partition coefficient (Wildman–Crippen LogP) is 3.06. The molecule has 1 N–H and O–H groups in total. The van der Waals surface area contributed by atoms with Crippen LogP contribution in [0.15, 0.2) is 66.0 Å². The number of hydrogen-bond acceptors (Lipinski definition) is 6. The molecule has 134 valence electrons. The van der Waals surface area contributed by atoms with Gasteiger partial charge in [0.15, 0.2) is 11.5 Å². The normalized spacial score (nSPS) is 10.9. The second-order valence-electron chi connectivity index (χ2n) is 5.54. The van der Waals surface area contributed by atoms with Crippen molar-refractivity contribution < 1.29 is 9.18 Å². The van der Waals surface area contributed by atoms with E-state index in [9.17, 15) is 9.18 Å². The average molecular weight is 380 g/mol. The van der Waals surface area contributed by atoms with Crippen molar-refractivity contribution in [3.05, 3.63) is 66.7 Å². The third kappa shape index (κ3) is 3.93. The van der Waals surface area contributed by atoms with Crippen LogP contribution in [0.25, 0.3) is 17.0 Å². The van der Waals surface area contributed by atoms with Crippen LogP contribution in [-0.2, 0) is 4.79 Å². The Kier molecular flexibility index (Phi) is 4.75. The molecule has 27 heavy (non-hydrogen) atoms. The van der Waals surface area contributed by atoms with Crippen molar-refractivity contribution >= 4 is 29.0 Å². The smallest absolute Gasteiger partial charge is 0.234 e. The fourth-order valence-corrected chi connectivity index (χ4v) is 3.05. The summed E-state index contributed by atoms with van der Waals surface area (Å²) in [5, 5.41) is 16.2. The summed E-state index contributed by atoms with van der Waals surface area (Å²) in [6, 6.07) is 12.9. The topological polar surface area (TPSA) is 85.1 Å². The van der Waals surface area contributed by atoms with E-state index in [1.165, 1.54) is 36.0 Å². The third-order valence-corrected chi connectivity index (χ3v) is 4.58. The Labute approximate surface area is 157 Å². The van der Waals surface area contributed by atoms with Gasteiger partial charge in [0.25, 0.3) is 0 Å². The maximum absolute atomic E-state index is 12.9. The van der Waals surface area contributed by atoms with Crippen LogP contribution in [0.1, 0.15) is 0 Å². The molecule has 7 nitrogen and oxygen atoms in total. The second kappa shape index (κ2) is 7.50. The molecule has 0 saturated heterocycles. The monoisotopic (exact) mass is 380 g/mol. The van der Waals surface area contributed by atoms with Crippen LogP contribution in [0.4, 0.5) is 10.1 Å². The van der Waals surface area contributed by atoms with Crippen molar-refractivity contribution in [1.82, 2.24) is 24.8 Å². The molecule has 0 radical (unpaired) electrons. The number of pyridine rings is 1. The van der Waals surface area contributed by atoms with Crippen LogP contribution in [0, 0.1) is 5.82 Å². The van der Waals surface area contributed by atoms with E-state index in [1.54, 1.807) is 29.0 Å². The van der Waals surface area contributed by atoms with Crippen molar-refractivity contribution in [2.45, 2.75) is 5.03 Å². The SMILES string of the molecule is O=C(CSc1ccc2nnc(-c3ccncc3)n2n1)Nc1ccc(F)cc1. The van der Waals surface area contributed by atoms with Crippen LogP contribution in [-0.4, -0.2) is 36.5 Å². The van der Waals surface area contributed by atoms with Crippen LogP contribution < -0.4 is 5.32 Å². The van der Waals surface area contributed by atoms with Gasteiger partial charge >= 0.3 is 0 Å². The van der Waals surface area contributed by atoms with Gasteiger partial charge in [-0.3, -0.25) is 9.78 Å². The second-order valence-corrected chi connectivity index (χ2v) is 6.54. The molecule has 0 aliphatic carbocycles. The zero-order valence-corrected chi connectivity index (χ0v) is 14.7. The van der Waals surface area contributed by atoms with Gasteiger partial charge in [0.1, 0.15) is 10.8 Å². The largest absolute Gasteiger partial charge is 0.325 e. The highest BCUT2D eigenvalue weighted by Crippen LogP contribution is 2.20. The molecule has 0 spiro atoms. The molecule has 1 aromatic carbocycles. The molecule has 0 saturated carbocycles. The number of fused-ring (bicyclic) bond motifs is 1. The summed E-state index contributed by atoms with van der Waals surface area (Å²) >= 11 is 1.29. The number of nitrogens with zero attached hydrogens (tertiary/aromatic N) is 5. The molecule has 9 heteroatoms. The first-order chi connectivity index (χ1) is 13.2. The van der Waals surface area contributed by atoms with Crippen LogP contribution in [0.5, 0.6) is 0 Å². The number of nitrogens with one attached hydrogen (secondary N) is 1. The van der Waals surface area contributed by atoms with Gasteiger partial charge in [0.2, 0.25) is 5.91 Å². The molecule has 4 rings (SSSR count). The average Bonchev–Trinajstić information content (AvgIpc) is 3.12. The fraction of sp³-hybridized carbons (Fsp3) is 0.0556. The molecule has 1 amide bonds. The lowest BCUT2D eigenvalue weighted by Gasteiger charge is -2.05. The first-order valence-electron chi connectivity index (χ1n) is 8.00. The van der Waals surface area contributed by atoms with E-state index in [0.29, 0.717) is 22.2 Å². The van der Waals surface area contributed by atoms with Crippen molar-refractivity contribution in [2.24, 2.45) is 0 Å². The van der Waals surface area contributed by atoms with E-state index in [4.69, 9.17) is 0 Å². The highest BCUT2D eigenvalue weighted by Gasteiger charge is 2.11. The Morgan fingerprint density at radius 3 is 2.59 bits per heavy atom. The number of carbonyl (C=O) groups excluding carboxylic acids is 1. The number of aromatic nitrogens is 5. The van der Waals surface area contributed by atoms with E-state index < -0.39 is 0 Å². The molecule has 0 aliphatic rings. The lowest BCUT2D eigenvalue weighted by atomic mass is 10.2. The van der Waals surface area contributed by atoms with Gasteiger partial charge in [-0.1, -0.05) is 11.8 Å². The van der Waals surface area contributed by atoms with Crippen molar-refractivity contribution in [3.8, 4) is 11.4 Å². The van der Waals surface area contributed by atoms with Gasteiger partial charge in [0.05, 0.1) is 5.75 Å². The first kappa shape index (κ1) is 17.1. The quantitative estimate of drug-likeness (QED) is 0.536. The number of rotatable bonds is 5. The number of benzene rings is 1. The summed E-state index contributed by atoms with van der Waals surface area (Å²) in [7, 11) is 0. The summed E-state index contributed by atoms with van der Waals surface area (Å²) in [6.07, 6.45) is 3.35. The summed E-state index contributed by atoms with van der Waals surface area (Å²) in [5.41, 5.74) is 2.01. The molecule has 3 aromatic heterocycles. The van der Waals surface area contributed by atoms with Crippen molar-refractivity contribution in [1.29, 1.82) is 0 Å². The molecule has 0 bridgehead atoms. The minimum atomic E-state index is -0.348. The number of hydrogen-bond donors (Lipinski definition) is 1. The Hall–Kier alpha value is -3.33. The van der Waals surface area contributed by atoms with Crippen molar-refractivity contribution in [3.63, 3.8) is 0 Å². The van der Waals surface area contributed by atoms with Gasteiger partial charge in [-0.2, -0.15) is 9.61 Å².